The third-order valence-corrected chi connectivity index (χ3v) is 4.33. The molecular formula is C21H15N7. The summed E-state index contributed by atoms with van der Waals surface area (Å²) >= 11 is 0. The van der Waals surface area contributed by atoms with Gasteiger partial charge in [-0.15, -0.1) is 0 Å². The lowest BCUT2D eigenvalue weighted by molar-refractivity contribution is 1.04. The van der Waals surface area contributed by atoms with Crippen LogP contribution in [0.2, 0.25) is 0 Å². The van der Waals surface area contributed by atoms with Crippen molar-refractivity contribution in [2.45, 2.75) is 0 Å². The average Bonchev–Trinajstić information content (AvgIpc) is 3.20. The van der Waals surface area contributed by atoms with Crippen molar-refractivity contribution in [3.05, 3.63) is 79.4 Å². The fourth-order valence-corrected chi connectivity index (χ4v) is 2.96. The van der Waals surface area contributed by atoms with Gasteiger partial charge in [-0.3, -0.25) is 4.98 Å². The van der Waals surface area contributed by atoms with Crippen LogP contribution in [0.25, 0.3) is 33.7 Å². The molecule has 0 saturated carbocycles. The van der Waals surface area contributed by atoms with Crippen LogP contribution in [0.1, 0.15) is 0 Å². The quantitative estimate of drug-likeness (QED) is 0.495. The molecule has 7 heteroatoms. The Balaban J connectivity index is 1.39. The molecule has 0 amide bonds. The van der Waals surface area contributed by atoms with Crippen molar-refractivity contribution in [2.75, 3.05) is 5.32 Å². The van der Waals surface area contributed by atoms with E-state index in [9.17, 15) is 0 Å². The molecule has 0 saturated heterocycles. The number of nitrogens with one attached hydrogen (secondary N) is 2. The van der Waals surface area contributed by atoms with Crippen LogP contribution in [-0.4, -0.2) is 30.1 Å². The second-order valence-electron chi connectivity index (χ2n) is 6.23. The molecule has 0 aliphatic carbocycles. The number of imidazole rings is 1. The normalized spacial score (nSPS) is 10.9. The number of rotatable bonds is 4. The van der Waals surface area contributed by atoms with Gasteiger partial charge in [0, 0.05) is 35.4 Å². The van der Waals surface area contributed by atoms with E-state index < -0.39 is 0 Å². The molecule has 0 aliphatic rings. The first-order valence-corrected chi connectivity index (χ1v) is 8.76. The van der Waals surface area contributed by atoms with E-state index in [4.69, 9.17) is 0 Å². The number of fused-ring (bicyclic) bond motifs is 1. The van der Waals surface area contributed by atoms with Crippen LogP contribution in [0.15, 0.2) is 79.4 Å². The molecule has 0 bridgehead atoms. The molecule has 0 spiro atoms. The standard InChI is InChI=1S/C21H15N7/c1-3-14(21-26-18-8-10-22-13-19(18)27-21)11-16(4-1)25-20-7-6-15(12-23-20)17-5-2-9-24-28-17/h1-13H,(H,23,25)(H,26,27). The molecule has 28 heavy (non-hydrogen) atoms. The van der Waals surface area contributed by atoms with Gasteiger partial charge < -0.3 is 10.3 Å². The number of hydrogen-bond acceptors (Lipinski definition) is 6. The molecule has 2 N–H and O–H groups in total. The number of pyridine rings is 2. The molecular weight excluding hydrogens is 350 g/mol. The van der Waals surface area contributed by atoms with Gasteiger partial charge in [-0.25, -0.2) is 9.97 Å². The smallest absolute Gasteiger partial charge is 0.138 e. The zero-order chi connectivity index (χ0) is 18.8. The summed E-state index contributed by atoms with van der Waals surface area (Å²) < 4.78 is 0. The van der Waals surface area contributed by atoms with Crippen LogP contribution in [0.3, 0.4) is 0 Å². The summed E-state index contributed by atoms with van der Waals surface area (Å²) in [6, 6.07) is 17.6. The van der Waals surface area contributed by atoms with Crippen molar-refractivity contribution in [3.8, 4) is 22.6 Å². The Hall–Kier alpha value is -4.13. The number of aromatic amines is 1. The molecule has 0 unspecified atom stereocenters. The second-order valence-corrected chi connectivity index (χ2v) is 6.23. The molecule has 0 atom stereocenters. The largest absolute Gasteiger partial charge is 0.340 e. The van der Waals surface area contributed by atoms with Gasteiger partial charge in [0.1, 0.15) is 17.2 Å². The third-order valence-electron chi connectivity index (χ3n) is 4.33. The Morgan fingerprint density at radius 3 is 2.68 bits per heavy atom. The van der Waals surface area contributed by atoms with Crippen LogP contribution < -0.4 is 5.32 Å². The summed E-state index contributed by atoms with van der Waals surface area (Å²) in [6.45, 7) is 0. The molecule has 7 nitrogen and oxygen atoms in total. The first-order chi connectivity index (χ1) is 13.8. The minimum atomic E-state index is 0.749. The van der Waals surface area contributed by atoms with Gasteiger partial charge >= 0.3 is 0 Å². The van der Waals surface area contributed by atoms with Crippen molar-refractivity contribution < 1.29 is 0 Å². The minimum Gasteiger partial charge on any atom is -0.340 e. The Bertz CT molecular complexity index is 1200. The summed E-state index contributed by atoms with van der Waals surface area (Å²) in [5, 5.41) is 11.3. The van der Waals surface area contributed by atoms with E-state index in [2.05, 4.69) is 35.5 Å². The van der Waals surface area contributed by atoms with Crippen LogP contribution in [0.4, 0.5) is 11.5 Å². The van der Waals surface area contributed by atoms with Crippen molar-refractivity contribution in [3.63, 3.8) is 0 Å². The fraction of sp³-hybridized carbons (Fsp3) is 0. The maximum atomic E-state index is 4.60. The molecule has 4 aromatic heterocycles. The van der Waals surface area contributed by atoms with Crippen LogP contribution in [-0.2, 0) is 0 Å². The summed E-state index contributed by atoms with van der Waals surface area (Å²) in [4.78, 5) is 16.5. The van der Waals surface area contributed by atoms with Gasteiger partial charge in [-0.05, 0) is 42.5 Å². The summed E-state index contributed by atoms with van der Waals surface area (Å²) in [6.07, 6.45) is 6.93. The third kappa shape index (κ3) is 3.16. The summed E-state index contributed by atoms with van der Waals surface area (Å²) in [7, 11) is 0. The van der Waals surface area contributed by atoms with Crippen LogP contribution in [0, 0.1) is 0 Å². The van der Waals surface area contributed by atoms with Gasteiger partial charge in [0.2, 0.25) is 0 Å². The zero-order valence-corrected chi connectivity index (χ0v) is 14.7. The van der Waals surface area contributed by atoms with E-state index in [-0.39, 0.29) is 0 Å². The molecule has 5 rings (SSSR count). The second kappa shape index (κ2) is 6.88. The molecule has 0 aliphatic heterocycles. The number of hydrogen-bond donors (Lipinski definition) is 2. The fourth-order valence-electron chi connectivity index (χ4n) is 2.96. The number of aromatic nitrogens is 6. The van der Waals surface area contributed by atoms with Crippen molar-refractivity contribution in [1.82, 2.24) is 30.1 Å². The molecule has 1 aromatic carbocycles. The monoisotopic (exact) mass is 365 g/mol. The van der Waals surface area contributed by atoms with E-state index in [0.29, 0.717) is 0 Å². The molecule has 4 heterocycles. The molecule has 134 valence electrons. The van der Waals surface area contributed by atoms with Gasteiger partial charge in [-0.2, -0.15) is 10.2 Å². The predicted octanol–water partition coefficient (Wildman–Crippen LogP) is 4.22. The first kappa shape index (κ1) is 16.1. The Labute approximate surface area is 160 Å². The maximum absolute atomic E-state index is 4.60. The molecule has 5 aromatic rings. The number of anilines is 2. The maximum Gasteiger partial charge on any atom is 0.138 e. The Morgan fingerprint density at radius 2 is 1.86 bits per heavy atom. The van der Waals surface area contributed by atoms with E-state index >= 15 is 0 Å². The topological polar surface area (TPSA) is 92.3 Å². The molecule has 0 fully saturated rings. The lowest BCUT2D eigenvalue weighted by Crippen LogP contribution is -1.94. The number of benzene rings is 1. The number of nitrogens with zero attached hydrogens (tertiary/aromatic N) is 5. The highest BCUT2D eigenvalue weighted by molar-refractivity contribution is 5.79. The highest BCUT2D eigenvalue weighted by atomic mass is 15.1. The van der Waals surface area contributed by atoms with Gasteiger partial charge in [0.25, 0.3) is 0 Å². The Morgan fingerprint density at radius 1 is 0.857 bits per heavy atom. The predicted molar refractivity (Wildman–Crippen MR) is 108 cm³/mol. The first-order valence-electron chi connectivity index (χ1n) is 8.76. The average molecular weight is 365 g/mol. The number of H-pyrrole nitrogens is 1. The lowest BCUT2D eigenvalue weighted by Gasteiger charge is -2.07. The summed E-state index contributed by atoms with van der Waals surface area (Å²) in [5.74, 6) is 1.55. The summed E-state index contributed by atoms with van der Waals surface area (Å²) in [5.41, 5.74) is 5.43. The van der Waals surface area contributed by atoms with Crippen molar-refractivity contribution >= 4 is 22.5 Å². The van der Waals surface area contributed by atoms with E-state index in [1.165, 1.54) is 0 Å². The van der Waals surface area contributed by atoms with Crippen LogP contribution in [0.5, 0.6) is 0 Å². The minimum absolute atomic E-state index is 0.749. The Kier molecular flexibility index (Phi) is 3.95. The van der Waals surface area contributed by atoms with Gasteiger partial charge in [-0.1, -0.05) is 12.1 Å². The lowest BCUT2D eigenvalue weighted by atomic mass is 10.2. The highest BCUT2D eigenvalue weighted by Crippen LogP contribution is 2.25. The van der Waals surface area contributed by atoms with Gasteiger partial charge in [0.15, 0.2) is 0 Å². The van der Waals surface area contributed by atoms with E-state index in [1.807, 2.05) is 54.6 Å². The van der Waals surface area contributed by atoms with Crippen molar-refractivity contribution in [2.24, 2.45) is 0 Å². The van der Waals surface area contributed by atoms with Gasteiger partial charge in [0.05, 0.1) is 17.4 Å². The van der Waals surface area contributed by atoms with E-state index in [1.54, 1.807) is 24.8 Å². The highest BCUT2D eigenvalue weighted by Gasteiger charge is 2.07. The zero-order valence-electron chi connectivity index (χ0n) is 14.7. The molecule has 0 radical (unpaired) electrons. The SMILES string of the molecule is c1cc(Nc2ccc(-c3cccnn3)cn2)cc(-c2nc3cnccc3[nH]2)c1. The van der Waals surface area contributed by atoms with Crippen LogP contribution >= 0.6 is 0 Å². The van der Waals surface area contributed by atoms with E-state index in [0.717, 1.165) is 45.2 Å². The van der Waals surface area contributed by atoms with Crippen molar-refractivity contribution in [1.29, 1.82) is 0 Å².